The molecule has 0 bridgehead atoms. The Balaban J connectivity index is 1.51. The zero-order valence-corrected chi connectivity index (χ0v) is 20.5. The first-order valence-electron chi connectivity index (χ1n) is 11.4. The maximum Gasteiger partial charge on any atom is 0.325 e. The number of carbonyl (C=O) groups excluding carboxylic acids is 3. The second kappa shape index (κ2) is 9.81. The molecule has 0 saturated carbocycles. The highest BCUT2D eigenvalue weighted by Gasteiger charge is 2.55. The van der Waals surface area contributed by atoms with Crippen LogP contribution < -0.4 is 5.32 Å². The van der Waals surface area contributed by atoms with Crippen LogP contribution in [0.2, 0.25) is 5.02 Å². The number of likely N-dealkylation sites (tertiary alicyclic amines) is 1. The standard InChI is InChI=1S/C24H29ClN4O3S/c1-16(2)6-10-24(22(31)29(23(32)27-24)15-18-5-3-4-11-26-18)17-7-12-28(13-8-17)21(30)20-19(25)9-14-33-20/h3-5,9,11,14,16-17H,6-8,10,12-13,15H2,1-2H3,(H,27,32). The highest BCUT2D eigenvalue weighted by Crippen LogP contribution is 2.39. The summed E-state index contributed by atoms with van der Waals surface area (Å²) in [5.74, 6) is 0.122. The van der Waals surface area contributed by atoms with Crippen molar-refractivity contribution in [2.45, 2.75) is 51.6 Å². The van der Waals surface area contributed by atoms with E-state index in [2.05, 4.69) is 24.1 Å². The summed E-state index contributed by atoms with van der Waals surface area (Å²) in [6.45, 7) is 5.46. The van der Waals surface area contributed by atoms with Crippen molar-refractivity contribution in [1.82, 2.24) is 20.1 Å². The second-order valence-corrected chi connectivity index (χ2v) is 10.5. The molecule has 2 aliphatic rings. The fourth-order valence-corrected chi connectivity index (χ4v) is 5.88. The Morgan fingerprint density at radius 2 is 2.03 bits per heavy atom. The van der Waals surface area contributed by atoms with Gasteiger partial charge in [-0.2, -0.15) is 0 Å². The molecule has 2 aromatic heterocycles. The van der Waals surface area contributed by atoms with Gasteiger partial charge in [-0.15, -0.1) is 11.3 Å². The molecule has 0 spiro atoms. The molecular weight excluding hydrogens is 460 g/mol. The Kier molecular flexibility index (Phi) is 7.05. The molecule has 2 saturated heterocycles. The third kappa shape index (κ3) is 4.77. The van der Waals surface area contributed by atoms with E-state index in [1.54, 1.807) is 23.2 Å². The zero-order valence-electron chi connectivity index (χ0n) is 18.9. The number of urea groups is 1. The largest absolute Gasteiger partial charge is 0.338 e. The van der Waals surface area contributed by atoms with E-state index in [0.717, 1.165) is 6.42 Å². The SMILES string of the molecule is CC(C)CCC1(C2CCN(C(=O)c3sccc3Cl)CC2)NC(=O)N(Cc2ccccn2)C1=O. The van der Waals surface area contributed by atoms with Gasteiger partial charge in [-0.1, -0.05) is 31.5 Å². The van der Waals surface area contributed by atoms with Crippen molar-refractivity contribution in [3.63, 3.8) is 0 Å². The summed E-state index contributed by atoms with van der Waals surface area (Å²) >= 11 is 7.50. The lowest BCUT2D eigenvalue weighted by molar-refractivity contribution is -0.134. The van der Waals surface area contributed by atoms with Gasteiger partial charge < -0.3 is 10.2 Å². The van der Waals surface area contributed by atoms with Crippen LogP contribution in [0.5, 0.6) is 0 Å². The predicted molar refractivity (Wildman–Crippen MR) is 128 cm³/mol. The van der Waals surface area contributed by atoms with E-state index in [1.807, 2.05) is 17.5 Å². The highest BCUT2D eigenvalue weighted by atomic mass is 35.5. The minimum Gasteiger partial charge on any atom is -0.338 e. The summed E-state index contributed by atoms with van der Waals surface area (Å²) < 4.78 is 0. The van der Waals surface area contributed by atoms with E-state index in [4.69, 9.17) is 11.6 Å². The molecule has 1 unspecified atom stereocenters. The van der Waals surface area contributed by atoms with Crippen molar-refractivity contribution in [2.24, 2.45) is 11.8 Å². The molecule has 4 heterocycles. The van der Waals surface area contributed by atoms with Crippen LogP contribution in [-0.2, 0) is 11.3 Å². The molecule has 4 amide bonds. The fourth-order valence-electron chi connectivity index (χ4n) is 4.77. The van der Waals surface area contributed by atoms with Crippen LogP contribution >= 0.6 is 22.9 Å². The Labute approximate surface area is 203 Å². The lowest BCUT2D eigenvalue weighted by Crippen LogP contribution is -2.56. The maximum atomic E-state index is 13.7. The van der Waals surface area contributed by atoms with Crippen LogP contribution in [-0.4, -0.2) is 51.3 Å². The first-order valence-corrected chi connectivity index (χ1v) is 12.6. The Bertz CT molecular complexity index is 1020. The zero-order chi connectivity index (χ0) is 23.6. The topological polar surface area (TPSA) is 82.6 Å². The van der Waals surface area contributed by atoms with Gasteiger partial charge >= 0.3 is 6.03 Å². The lowest BCUT2D eigenvalue weighted by Gasteiger charge is -2.41. The van der Waals surface area contributed by atoms with Crippen LogP contribution in [0.15, 0.2) is 35.8 Å². The number of hydrogen-bond donors (Lipinski definition) is 1. The number of carbonyl (C=O) groups is 3. The molecule has 33 heavy (non-hydrogen) atoms. The molecule has 4 rings (SSSR count). The summed E-state index contributed by atoms with van der Waals surface area (Å²) in [6.07, 6.45) is 4.37. The predicted octanol–water partition coefficient (Wildman–Crippen LogP) is 4.58. The quantitative estimate of drug-likeness (QED) is 0.578. The molecule has 2 aliphatic heterocycles. The van der Waals surface area contributed by atoms with Crippen molar-refractivity contribution in [1.29, 1.82) is 0 Å². The van der Waals surface area contributed by atoms with Gasteiger partial charge in [-0.05, 0) is 61.1 Å². The molecule has 2 fully saturated rings. The highest BCUT2D eigenvalue weighted by molar-refractivity contribution is 7.12. The van der Waals surface area contributed by atoms with Crippen molar-refractivity contribution >= 4 is 40.8 Å². The second-order valence-electron chi connectivity index (χ2n) is 9.21. The fraction of sp³-hybridized carbons (Fsp3) is 0.500. The van der Waals surface area contributed by atoms with Crippen molar-refractivity contribution in [3.8, 4) is 0 Å². The third-order valence-electron chi connectivity index (χ3n) is 6.65. The average Bonchev–Trinajstić information content (AvgIpc) is 3.35. The van der Waals surface area contributed by atoms with E-state index in [9.17, 15) is 14.4 Å². The first-order chi connectivity index (χ1) is 15.8. The monoisotopic (exact) mass is 488 g/mol. The maximum absolute atomic E-state index is 13.7. The lowest BCUT2D eigenvalue weighted by atomic mass is 9.74. The number of piperidine rings is 1. The molecule has 1 N–H and O–H groups in total. The minimum atomic E-state index is -0.939. The molecule has 0 aromatic carbocycles. The summed E-state index contributed by atoms with van der Waals surface area (Å²) in [5.41, 5.74) is -0.264. The Morgan fingerprint density at radius 1 is 1.27 bits per heavy atom. The van der Waals surface area contributed by atoms with Crippen LogP contribution in [0.1, 0.15) is 54.9 Å². The number of pyridine rings is 1. The number of hydrogen-bond acceptors (Lipinski definition) is 5. The summed E-state index contributed by atoms with van der Waals surface area (Å²) in [7, 11) is 0. The molecule has 7 nitrogen and oxygen atoms in total. The van der Waals surface area contributed by atoms with Gasteiger partial charge in [0.2, 0.25) is 0 Å². The molecule has 0 radical (unpaired) electrons. The number of amides is 4. The molecule has 176 valence electrons. The molecule has 0 aliphatic carbocycles. The summed E-state index contributed by atoms with van der Waals surface area (Å²) in [6, 6.07) is 6.84. The molecule has 9 heteroatoms. The van der Waals surface area contributed by atoms with Gasteiger partial charge in [0.15, 0.2) is 0 Å². The summed E-state index contributed by atoms with van der Waals surface area (Å²) in [4.78, 5) is 47.5. The molecular formula is C24H29ClN4O3S. The van der Waals surface area contributed by atoms with E-state index in [0.29, 0.717) is 53.9 Å². The van der Waals surface area contributed by atoms with Gasteiger partial charge in [-0.25, -0.2) is 4.79 Å². The van der Waals surface area contributed by atoms with E-state index in [1.165, 1.54) is 16.2 Å². The van der Waals surface area contributed by atoms with E-state index >= 15 is 0 Å². The van der Waals surface area contributed by atoms with Gasteiger partial charge in [0.25, 0.3) is 11.8 Å². The van der Waals surface area contributed by atoms with E-state index in [-0.39, 0.29) is 30.3 Å². The van der Waals surface area contributed by atoms with Crippen molar-refractivity contribution in [2.75, 3.05) is 13.1 Å². The Hall–Kier alpha value is -2.45. The molecule has 1 atom stereocenters. The Morgan fingerprint density at radius 3 is 2.64 bits per heavy atom. The van der Waals surface area contributed by atoms with Crippen molar-refractivity contribution in [3.05, 3.63) is 51.4 Å². The van der Waals surface area contributed by atoms with Crippen LogP contribution in [0, 0.1) is 11.8 Å². The van der Waals surface area contributed by atoms with Gasteiger partial charge in [0, 0.05) is 19.3 Å². The van der Waals surface area contributed by atoms with Crippen LogP contribution in [0.4, 0.5) is 4.79 Å². The number of rotatable bonds is 7. The first kappa shape index (κ1) is 23.7. The number of halogens is 1. The number of thiophene rings is 1. The van der Waals surface area contributed by atoms with Gasteiger partial charge in [0.1, 0.15) is 10.4 Å². The number of nitrogens with one attached hydrogen (secondary N) is 1. The van der Waals surface area contributed by atoms with Gasteiger partial charge in [-0.3, -0.25) is 19.5 Å². The number of aromatic nitrogens is 1. The minimum absolute atomic E-state index is 0.0377. The van der Waals surface area contributed by atoms with Crippen LogP contribution in [0.3, 0.4) is 0 Å². The van der Waals surface area contributed by atoms with Gasteiger partial charge in [0.05, 0.1) is 17.3 Å². The third-order valence-corrected chi connectivity index (χ3v) is 7.98. The van der Waals surface area contributed by atoms with Crippen molar-refractivity contribution < 1.29 is 14.4 Å². The molecule has 2 aromatic rings. The smallest absolute Gasteiger partial charge is 0.325 e. The average molecular weight is 489 g/mol. The van der Waals surface area contributed by atoms with Crippen LogP contribution in [0.25, 0.3) is 0 Å². The van der Waals surface area contributed by atoms with E-state index < -0.39 is 5.54 Å². The number of nitrogens with zero attached hydrogens (tertiary/aromatic N) is 3. The number of imide groups is 1. The normalized spacial score (nSPS) is 21.7. The summed E-state index contributed by atoms with van der Waals surface area (Å²) in [5, 5.41) is 5.37.